The van der Waals surface area contributed by atoms with Crippen LogP contribution < -0.4 is 0 Å². The molecule has 1 aliphatic rings. The van der Waals surface area contributed by atoms with Gasteiger partial charge >= 0.3 is 0 Å². The Morgan fingerprint density at radius 1 is 1.19 bits per heavy atom. The van der Waals surface area contributed by atoms with Crippen LogP contribution in [0.5, 0.6) is 0 Å². The summed E-state index contributed by atoms with van der Waals surface area (Å²) in [7, 11) is 0. The lowest BCUT2D eigenvalue weighted by molar-refractivity contribution is -0.135. The summed E-state index contributed by atoms with van der Waals surface area (Å²) >= 11 is 0. The zero-order valence-corrected chi connectivity index (χ0v) is 15.7. The number of fused-ring (bicyclic) bond motifs is 1. The smallest absolute Gasteiger partial charge is 0.223 e. The van der Waals surface area contributed by atoms with Crippen molar-refractivity contribution in [3.05, 3.63) is 34.4 Å². The molecule has 6 heteroatoms. The maximum atomic E-state index is 12.8. The molecule has 0 aromatic heterocycles. The van der Waals surface area contributed by atoms with Crippen molar-refractivity contribution in [2.45, 2.75) is 64.9 Å². The Bertz CT molecular complexity index is 616. The van der Waals surface area contributed by atoms with E-state index < -0.39 is 6.10 Å². The van der Waals surface area contributed by atoms with Crippen LogP contribution in [0, 0.1) is 5.92 Å². The van der Waals surface area contributed by atoms with Crippen LogP contribution in [-0.2, 0) is 24.4 Å². The summed E-state index contributed by atoms with van der Waals surface area (Å²) in [4.78, 5) is 14.6. The van der Waals surface area contributed by atoms with Gasteiger partial charge < -0.3 is 25.3 Å². The van der Waals surface area contributed by atoms with Crippen molar-refractivity contribution < 1.29 is 25.2 Å². The number of carbonyl (C=O) groups excluding carboxylic acids is 1. The van der Waals surface area contributed by atoms with E-state index in [-0.39, 0.29) is 38.2 Å². The van der Waals surface area contributed by atoms with Gasteiger partial charge in [-0.25, -0.2) is 0 Å². The van der Waals surface area contributed by atoms with E-state index in [0.717, 1.165) is 17.5 Å². The lowest BCUT2D eigenvalue weighted by atomic mass is 9.86. The maximum absolute atomic E-state index is 12.8. The van der Waals surface area contributed by atoms with Crippen LogP contribution in [0.3, 0.4) is 0 Å². The van der Waals surface area contributed by atoms with Gasteiger partial charge in [-0.15, -0.1) is 0 Å². The maximum Gasteiger partial charge on any atom is 0.223 e. The number of carbonyl (C=O) groups is 1. The Kier molecular flexibility index (Phi) is 7.58. The molecule has 0 saturated heterocycles. The minimum absolute atomic E-state index is 0.0521. The molecule has 146 valence electrons. The third kappa shape index (κ3) is 4.82. The van der Waals surface area contributed by atoms with Crippen molar-refractivity contribution in [2.24, 2.45) is 5.92 Å². The van der Waals surface area contributed by atoms with Gasteiger partial charge in [0.2, 0.25) is 5.91 Å². The van der Waals surface area contributed by atoms with Crippen LogP contribution >= 0.6 is 0 Å². The molecule has 0 aliphatic carbocycles. The molecule has 2 atom stereocenters. The quantitative estimate of drug-likeness (QED) is 0.556. The van der Waals surface area contributed by atoms with Gasteiger partial charge in [0, 0.05) is 19.4 Å². The first-order valence-electron chi connectivity index (χ1n) is 9.35. The molecular formula is C20H31NO5. The number of rotatable bonds is 8. The van der Waals surface area contributed by atoms with Gasteiger partial charge in [0.05, 0.1) is 32.0 Å². The van der Waals surface area contributed by atoms with Gasteiger partial charge in [-0.3, -0.25) is 4.79 Å². The summed E-state index contributed by atoms with van der Waals surface area (Å²) in [6, 6.07) is 3.38. The lowest BCUT2D eigenvalue weighted by Crippen LogP contribution is -2.42. The van der Waals surface area contributed by atoms with Crippen LogP contribution in [0.2, 0.25) is 0 Å². The predicted octanol–water partition coefficient (Wildman–Crippen LogP) is 1.28. The highest BCUT2D eigenvalue weighted by Gasteiger charge is 2.32. The van der Waals surface area contributed by atoms with Crippen LogP contribution in [0.4, 0.5) is 0 Å². The largest absolute Gasteiger partial charge is 0.394 e. The summed E-state index contributed by atoms with van der Waals surface area (Å²) in [6.45, 7) is 4.01. The molecule has 0 saturated carbocycles. The van der Waals surface area contributed by atoms with Crippen molar-refractivity contribution in [3.8, 4) is 0 Å². The Balaban J connectivity index is 2.36. The molecular weight excluding hydrogens is 334 g/mol. The van der Waals surface area contributed by atoms with Crippen molar-refractivity contribution in [1.82, 2.24) is 4.90 Å². The second kappa shape index (κ2) is 9.46. The molecule has 0 spiro atoms. The van der Waals surface area contributed by atoms with E-state index >= 15 is 0 Å². The van der Waals surface area contributed by atoms with Crippen LogP contribution in [0.15, 0.2) is 12.1 Å². The molecule has 1 aliphatic heterocycles. The Labute approximate surface area is 155 Å². The summed E-state index contributed by atoms with van der Waals surface area (Å²) in [6.07, 6.45) is 1.28. The third-order valence-electron chi connectivity index (χ3n) is 5.12. The van der Waals surface area contributed by atoms with Crippen LogP contribution in [0.1, 0.15) is 61.4 Å². The fourth-order valence-electron chi connectivity index (χ4n) is 3.59. The second-order valence-corrected chi connectivity index (χ2v) is 7.49. The molecule has 0 bridgehead atoms. The van der Waals surface area contributed by atoms with E-state index in [0.29, 0.717) is 36.4 Å². The molecule has 1 aromatic rings. The minimum atomic E-state index is -0.915. The Morgan fingerprint density at radius 2 is 1.85 bits per heavy atom. The van der Waals surface area contributed by atoms with Crippen LogP contribution in [-0.4, -0.2) is 50.5 Å². The van der Waals surface area contributed by atoms with Gasteiger partial charge in [0.1, 0.15) is 0 Å². The summed E-state index contributed by atoms with van der Waals surface area (Å²) in [5.41, 5.74) is 3.23. The van der Waals surface area contributed by atoms with Gasteiger partial charge in [0.15, 0.2) is 0 Å². The molecule has 0 radical (unpaired) electrons. The van der Waals surface area contributed by atoms with Gasteiger partial charge in [-0.2, -0.15) is 0 Å². The molecule has 1 aromatic carbocycles. The fourth-order valence-corrected chi connectivity index (χ4v) is 3.59. The predicted molar refractivity (Wildman–Crippen MR) is 98.2 cm³/mol. The van der Waals surface area contributed by atoms with Gasteiger partial charge in [0.25, 0.3) is 0 Å². The number of aliphatic hydroxyl groups excluding tert-OH is 4. The lowest BCUT2D eigenvalue weighted by Gasteiger charge is -2.39. The summed E-state index contributed by atoms with van der Waals surface area (Å²) in [5.74, 6) is 0.488. The number of benzene rings is 1. The second-order valence-electron chi connectivity index (χ2n) is 7.49. The minimum Gasteiger partial charge on any atom is -0.394 e. The monoisotopic (exact) mass is 365 g/mol. The highest BCUT2D eigenvalue weighted by molar-refractivity contribution is 5.77. The first kappa shape index (κ1) is 20.8. The number of amides is 1. The topological polar surface area (TPSA) is 101 Å². The molecule has 1 heterocycles. The van der Waals surface area contributed by atoms with E-state index in [1.807, 2.05) is 12.1 Å². The van der Waals surface area contributed by atoms with Gasteiger partial charge in [-0.05, 0) is 41.0 Å². The normalized spacial score (nSPS) is 18.1. The highest BCUT2D eigenvalue weighted by Crippen LogP contribution is 2.36. The average Bonchev–Trinajstić information content (AvgIpc) is 2.64. The average molecular weight is 365 g/mol. The van der Waals surface area contributed by atoms with Crippen molar-refractivity contribution in [3.63, 3.8) is 0 Å². The Hall–Kier alpha value is -1.47. The molecule has 4 N–H and O–H groups in total. The number of nitrogens with zero attached hydrogens (tertiary/aromatic N) is 1. The number of hydrogen-bond donors (Lipinski definition) is 4. The number of hydrogen-bond acceptors (Lipinski definition) is 5. The molecule has 1 amide bonds. The van der Waals surface area contributed by atoms with Crippen molar-refractivity contribution in [2.75, 3.05) is 13.2 Å². The molecule has 2 rings (SSSR count). The van der Waals surface area contributed by atoms with Gasteiger partial charge in [-0.1, -0.05) is 26.0 Å². The SMILES string of the molecule is CC(C)CCC(=O)N1CCc2cc(CO)c(CO)cc2[C@H]1CC(O)CO. The fraction of sp³-hybridized carbons (Fsp3) is 0.650. The standard InChI is InChI=1S/C20H31NO5/c1-13(2)3-4-20(26)21-6-5-14-7-15(10-22)16(11-23)8-18(14)19(21)9-17(25)12-24/h7-8,13,17,19,22-25H,3-6,9-12H2,1-2H3/t17?,19-/m1/s1. The first-order chi connectivity index (χ1) is 12.4. The van der Waals surface area contributed by atoms with E-state index in [4.69, 9.17) is 0 Å². The number of aliphatic hydroxyl groups is 4. The molecule has 0 fully saturated rings. The third-order valence-corrected chi connectivity index (χ3v) is 5.12. The van der Waals surface area contributed by atoms with Crippen LogP contribution in [0.25, 0.3) is 0 Å². The molecule has 6 nitrogen and oxygen atoms in total. The van der Waals surface area contributed by atoms with E-state index in [1.165, 1.54) is 0 Å². The van der Waals surface area contributed by atoms with E-state index in [1.54, 1.807) is 4.90 Å². The summed E-state index contributed by atoms with van der Waals surface area (Å²) < 4.78 is 0. The van der Waals surface area contributed by atoms with Crippen molar-refractivity contribution >= 4 is 5.91 Å². The van der Waals surface area contributed by atoms with E-state index in [2.05, 4.69) is 13.8 Å². The molecule has 1 unspecified atom stereocenters. The highest BCUT2D eigenvalue weighted by atomic mass is 16.3. The first-order valence-corrected chi connectivity index (χ1v) is 9.35. The summed E-state index contributed by atoms with van der Waals surface area (Å²) in [5, 5.41) is 38.4. The Morgan fingerprint density at radius 3 is 2.42 bits per heavy atom. The zero-order valence-electron chi connectivity index (χ0n) is 15.7. The van der Waals surface area contributed by atoms with Crippen molar-refractivity contribution in [1.29, 1.82) is 0 Å². The molecule has 26 heavy (non-hydrogen) atoms. The van der Waals surface area contributed by atoms with E-state index in [9.17, 15) is 25.2 Å². The zero-order chi connectivity index (χ0) is 19.3.